The highest BCUT2D eigenvalue weighted by atomic mass is 32.2. The molecule has 0 spiro atoms. The van der Waals surface area contributed by atoms with Crippen molar-refractivity contribution in [3.05, 3.63) is 76.4 Å². The predicted octanol–water partition coefficient (Wildman–Crippen LogP) is 4.69. The average Bonchev–Trinajstić information content (AvgIpc) is 2.78. The molecule has 1 atom stereocenters. The summed E-state index contributed by atoms with van der Waals surface area (Å²) >= 11 is 0. The van der Waals surface area contributed by atoms with Crippen molar-refractivity contribution in [1.29, 1.82) is 0 Å². The normalized spacial score (nSPS) is 13.9. The van der Waals surface area contributed by atoms with Crippen molar-refractivity contribution in [2.24, 2.45) is 0 Å². The van der Waals surface area contributed by atoms with Crippen LogP contribution in [-0.4, -0.2) is 44.8 Å². The third-order valence-electron chi connectivity index (χ3n) is 4.88. The van der Waals surface area contributed by atoms with E-state index >= 15 is 0 Å². The third-order valence-corrected chi connectivity index (χ3v) is 6.29. The Balaban J connectivity index is 2.35. The molecule has 2 N–H and O–H groups in total. The van der Waals surface area contributed by atoms with Crippen molar-refractivity contribution < 1.29 is 57.5 Å². The Morgan fingerprint density at radius 3 is 2.03 bits per heavy atom. The van der Waals surface area contributed by atoms with Gasteiger partial charge in [-0.3, -0.25) is 9.59 Å². The van der Waals surface area contributed by atoms with E-state index in [1.165, 1.54) is 10.0 Å². The molecule has 0 heterocycles. The Bertz CT molecular complexity index is 1370. The van der Waals surface area contributed by atoms with E-state index in [-0.39, 0.29) is 6.07 Å². The summed E-state index contributed by atoms with van der Waals surface area (Å²) < 4.78 is 145. The first-order chi connectivity index (χ1) is 17.6. The van der Waals surface area contributed by atoms with Crippen LogP contribution in [0.2, 0.25) is 0 Å². The SMILES string of the molecule is CN(C)S(=O)(=O)NC(=O)c1ccc(/C=C/C(=O)NC(c2cccc(C(F)(F)F)c2)C(F)(F)F)cc1C(F)(F)F. The lowest BCUT2D eigenvalue weighted by molar-refractivity contribution is -0.162. The number of nitrogens with one attached hydrogen (secondary N) is 2. The first kappa shape index (κ1) is 31.6. The summed E-state index contributed by atoms with van der Waals surface area (Å²) in [6.07, 6.45) is -14.3. The average molecular weight is 591 g/mol. The maximum atomic E-state index is 13.5. The van der Waals surface area contributed by atoms with Crippen LogP contribution in [0.25, 0.3) is 6.08 Å². The Morgan fingerprint density at radius 1 is 0.897 bits per heavy atom. The molecule has 0 aliphatic carbocycles. The number of benzene rings is 2. The molecule has 0 radical (unpaired) electrons. The molecule has 2 aromatic carbocycles. The molecule has 17 heteroatoms. The standard InChI is InChI=1S/C22H18F9N3O4S/c1-34(2)39(37,38)33-19(36)15-8-6-12(10-16(15)21(26,27)28)7-9-17(35)32-18(22(29,30)31)13-4-3-5-14(11-13)20(23,24)25/h3-11,18H,1-2H3,(H,32,35)(H,33,36)/b9-7+. The van der Waals surface area contributed by atoms with E-state index in [0.717, 1.165) is 20.2 Å². The van der Waals surface area contributed by atoms with Gasteiger partial charge in [0.05, 0.1) is 16.7 Å². The van der Waals surface area contributed by atoms with Gasteiger partial charge in [-0.05, 0) is 41.5 Å². The van der Waals surface area contributed by atoms with Crippen molar-refractivity contribution in [2.45, 2.75) is 24.6 Å². The zero-order valence-electron chi connectivity index (χ0n) is 19.7. The number of nitrogens with zero attached hydrogens (tertiary/aromatic N) is 1. The van der Waals surface area contributed by atoms with Crippen molar-refractivity contribution in [3.8, 4) is 0 Å². The fourth-order valence-electron chi connectivity index (χ4n) is 2.97. The molecule has 0 saturated heterocycles. The Hall–Kier alpha value is -3.60. The van der Waals surface area contributed by atoms with Gasteiger partial charge in [0.15, 0.2) is 6.04 Å². The molecule has 1 unspecified atom stereocenters. The maximum Gasteiger partial charge on any atom is 0.417 e. The zero-order valence-corrected chi connectivity index (χ0v) is 20.5. The summed E-state index contributed by atoms with van der Waals surface area (Å²) in [7, 11) is -2.43. The highest BCUT2D eigenvalue weighted by Gasteiger charge is 2.43. The number of carbonyl (C=O) groups is 2. The molecule has 0 fully saturated rings. The Labute approximate surface area is 215 Å². The largest absolute Gasteiger partial charge is 0.417 e. The summed E-state index contributed by atoms with van der Waals surface area (Å²) in [5, 5.41) is 1.46. The maximum absolute atomic E-state index is 13.5. The van der Waals surface area contributed by atoms with Crippen molar-refractivity contribution in [1.82, 2.24) is 14.3 Å². The summed E-state index contributed by atoms with van der Waals surface area (Å²) in [5.41, 5.74) is -5.49. The van der Waals surface area contributed by atoms with Gasteiger partial charge in [0.2, 0.25) is 5.91 Å². The molecule has 7 nitrogen and oxygen atoms in total. The molecule has 2 aromatic rings. The minimum absolute atomic E-state index is 0.192. The monoisotopic (exact) mass is 591 g/mol. The number of rotatable bonds is 7. The van der Waals surface area contributed by atoms with Gasteiger partial charge >= 0.3 is 28.7 Å². The second-order valence-electron chi connectivity index (χ2n) is 7.96. The van der Waals surface area contributed by atoms with Gasteiger partial charge in [0.25, 0.3) is 5.91 Å². The van der Waals surface area contributed by atoms with Crippen LogP contribution in [0.15, 0.2) is 48.5 Å². The number of amides is 2. The van der Waals surface area contributed by atoms with E-state index in [2.05, 4.69) is 0 Å². The fourth-order valence-corrected chi connectivity index (χ4v) is 3.50. The van der Waals surface area contributed by atoms with Crippen LogP contribution in [0.1, 0.15) is 38.7 Å². The first-order valence-corrected chi connectivity index (χ1v) is 11.7. The van der Waals surface area contributed by atoms with E-state index in [1.807, 2.05) is 0 Å². The molecule has 0 aliphatic rings. The topological polar surface area (TPSA) is 95.6 Å². The van der Waals surface area contributed by atoms with E-state index in [1.54, 1.807) is 0 Å². The quantitative estimate of drug-likeness (QED) is 0.361. The van der Waals surface area contributed by atoms with Crippen molar-refractivity contribution >= 4 is 28.1 Å². The summed E-state index contributed by atoms with van der Waals surface area (Å²) in [6, 6.07) is 1.02. The third kappa shape index (κ3) is 8.44. The van der Waals surface area contributed by atoms with Crippen LogP contribution >= 0.6 is 0 Å². The molecular weight excluding hydrogens is 573 g/mol. The molecule has 39 heavy (non-hydrogen) atoms. The second kappa shape index (κ2) is 11.3. The van der Waals surface area contributed by atoms with Crippen LogP contribution < -0.4 is 10.0 Å². The minimum Gasteiger partial charge on any atom is -0.337 e. The van der Waals surface area contributed by atoms with Gasteiger partial charge in [0, 0.05) is 20.2 Å². The van der Waals surface area contributed by atoms with Crippen LogP contribution in [0.3, 0.4) is 0 Å². The lowest BCUT2D eigenvalue weighted by Gasteiger charge is -2.22. The minimum atomic E-state index is -5.24. The van der Waals surface area contributed by atoms with Crippen LogP contribution in [0.5, 0.6) is 0 Å². The number of hydrogen-bond acceptors (Lipinski definition) is 4. The molecule has 2 amide bonds. The number of alkyl halides is 9. The molecule has 2 rings (SSSR count). The van der Waals surface area contributed by atoms with Crippen LogP contribution in [-0.2, 0) is 27.4 Å². The van der Waals surface area contributed by atoms with E-state index in [9.17, 15) is 57.5 Å². The number of hydrogen-bond donors (Lipinski definition) is 2. The van der Waals surface area contributed by atoms with Crippen molar-refractivity contribution in [2.75, 3.05) is 14.1 Å². The molecular formula is C22H18F9N3O4S. The van der Waals surface area contributed by atoms with Crippen LogP contribution in [0, 0.1) is 0 Å². The van der Waals surface area contributed by atoms with E-state index in [0.29, 0.717) is 46.8 Å². The first-order valence-electron chi connectivity index (χ1n) is 10.3. The van der Waals surface area contributed by atoms with Gasteiger partial charge in [0.1, 0.15) is 0 Å². The molecule has 0 aromatic heterocycles. The van der Waals surface area contributed by atoms with E-state index < -0.39 is 74.4 Å². The van der Waals surface area contributed by atoms with Crippen molar-refractivity contribution in [3.63, 3.8) is 0 Å². The summed E-state index contributed by atoms with van der Waals surface area (Å²) in [6.45, 7) is 0. The van der Waals surface area contributed by atoms with E-state index in [4.69, 9.17) is 0 Å². The summed E-state index contributed by atoms with van der Waals surface area (Å²) in [4.78, 5) is 24.3. The number of carbonyl (C=O) groups excluding carboxylic acids is 2. The lowest BCUT2D eigenvalue weighted by atomic mass is 10.0. The number of halogens is 9. The van der Waals surface area contributed by atoms with Crippen LogP contribution in [0.4, 0.5) is 39.5 Å². The molecule has 214 valence electrons. The molecule has 0 saturated carbocycles. The van der Waals surface area contributed by atoms with Gasteiger partial charge < -0.3 is 5.32 Å². The second-order valence-corrected chi connectivity index (χ2v) is 9.85. The zero-order chi connectivity index (χ0) is 30.0. The van der Waals surface area contributed by atoms with Gasteiger partial charge in [-0.15, -0.1) is 0 Å². The fraction of sp³-hybridized carbons (Fsp3) is 0.273. The predicted molar refractivity (Wildman–Crippen MR) is 119 cm³/mol. The summed E-state index contributed by atoms with van der Waals surface area (Å²) in [5.74, 6) is -3.14. The molecule has 0 bridgehead atoms. The van der Waals surface area contributed by atoms with Gasteiger partial charge in [-0.1, -0.05) is 18.2 Å². The molecule has 0 aliphatic heterocycles. The highest BCUT2D eigenvalue weighted by molar-refractivity contribution is 7.87. The van der Waals surface area contributed by atoms with Gasteiger partial charge in [-0.2, -0.15) is 52.2 Å². The Kier molecular flexibility index (Phi) is 9.12. The van der Waals surface area contributed by atoms with Gasteiger partial charge in [-0.25, -0.2) is 4.72 Å². The Morgan fingerprint density at radius 2 is 1.51 bits per heavy atom. The highest BCUT2D eigenvalue weighted by Crippen LogP contribution is 2.36. The smallest absolute Gasteiger partial charge is 0.337 e. The lowest BCUT2D eigenvalue weighted by Crippen LogP contribution is -2.40.